The summed E-state index contributed by atoms with van der Waals surface area (Å²) in [6.07, 6.45) is -5.08. The monoisotopic (exact) mass is 244 g/mol. The van der Waals surface area contributed by atoms with Gasteiger partial charge in [-0.1, -0.05) is 0 Å². The van der Waals surface area contributed by atoms with E-state index in [1.165, 1.54) is 4.90 Å². The Morgan fingerprint density at radius 1 is 1.19 bits per heavy atom. The lowest BCUT2D eigenvalue weighted by atomic mass is 10.1. The van der Waals surface area contributed by atoms with Crippen molar-refractivity contribution in [3.63, 3.8) is 0 Å². The fraction of sp³-hybridized carbons (Fsp3) is 0.750. The molecular formula is C8H15F3N2O3. The number of hydrogen-bond acceptors (Lipinski definition) is 3. The number of nitrogens with zero attached hydrogens (tertiary/aromatic N) is 1. The zero-order chi connectivity index (χ0) is 13.7. The third kappa shape index (κ3) is 8.04. The summed E-state index contributed by atoms with van der Waals surface area (Å²) in [6.45, 7) is 3.38. The van der Waals surface area contributed by atoms with Crippen LogP contribution >= 0.6 is 0 Å². The Hall–Kier alpha value is -1.31. The lowest BCUT2D eigenvalue weighted by molar-refractivity contribution is -0.192. The first kappa shape index (κ1) is 17.1. The Bertz CT molecular complexity index is 256. The summed E-state index contributed by atoms with van der Waals surface area (Å²) in [4.78, 5) is 21.3. The van der Waals surface area contributed by atoms with Crippen LogP contribution in [0.5, 0.6) is 0 Å². The van der Waals surface area contributed by atoms with Crippen molar-refractivity contribution in [1.82, 2.24) is 4.90 Å². The number of carbonyl (C=O) groups excluding carboxylic acids is 1. The van der Waals surface area contributed by atoms with E-state index in [1.807, 2.05) is 0 Å². The maximum Gasteiger partial charge on any atom is 0.490 e. The fourth-order valence-electron chi connectivity index (χ4n) is 0.576. The Morgan fingerprint density at radius 2 is 1.44 bits per heavy atom. The Balaban J connectivity index is 0. The zero-order valence-electron chi connectivity index (χ0n) is 9.42. The summed E-state index contributed by atoms with van der Waals surface area (Å²) >= 11 is 0. The van der Waals surface area contributed by atoms with Crippen molar-refractivity contribution < 1.29 is 27.9 Å². The molecule has 0 aliphatic carbocycles. The number of carbonyl (C=O) groups is 2. The molecule has 5 nitrogen and oxygen atoms in total. The van der Waals surface area contributed by atoms with Crippen LogP contribution in [0.15, 0.2) is 0 Å². The van der Waals surface area contributed by atoms with E-state index in [9.17, 15) is 18.0 Å². The van der Waals surface area contributed by atoms with Gasteiger partial charge in [0.15, 0.2) is 0 Å². The predicted molar refractivity (Wildman–Crippen MR) is 50.7 cm³/mol. The average Bonchev–Trinajstić information content (AvgIpc) is 2.00. The number of likely N-dealkylation sites (N-methyl/N-ethyl adjacent to an activating group) is 1. The standard InChI is InChI=1S/C6H14N2O.C2HF3O2/c1-6(2,7)5(9)8(3)4;3-2(4,5)1(6)7/h7H2,1-4H3;(H,6,7). The van der Waals surface area contributed by atoms with E-state index in [0.717, 1.165) is 0 Å². The van der Waals surface area contributed by atoms with E-state index in [-0.39, 0.29) is 5.91 Å². The van der Waals surface area contributed by atoms with E-state index in [1.54, 1.807) is 27.9 Å². The van der Waals surface area contributed by atoms with E-state index >= 15 is 0 Å². The zero-order valence-corrected chi connectivity index (χ0v) is 9.42. The van der Waals surface area contributed by atoms with Gasteiger partial charge in [0.05, 0.1) is 5.54 Å². The predicted octanol–water partition coefficient (Wildman–Crippen LogP) is 0.445. The van der Waals surface area contributed by atoms with Gasteiger partial charge in [-0.2, -0.15) is 13.2 Å². The second kappa shape index (κ2) is 5.69. The topological polar surface area (TPSA) is 83.6 Å². The molecule has 0 saturated heterocycles. The summed E-state index contributed by atoms with van der Waals surface area (Å²) < 4.78 is 31.7. The van der Waals surface area contributed by atoms with Crippen molar-refractivity contribution in [2.75, 3.05) is 14.1 Å². The molecule has 0 saturated carbocycles. The number of rotatable bonds is 1. The lowest BCUT2D eigenvalue weighted by Crippen LogP contribution is -2.48. The molecule has 0 bridgehead atoms. The lowest BCUT2D eigenvalue weighted by Gasteiger charge is -2.21. The number of hydrogen-bond donors (Lipinski definition) is 2. The molecule has 0 aromatic carbocycles. The number of nitrogens with two attached hydrogens (primary N) is 1. The second-order valence-electron chi connectivity index (χ2n) is 3.72. The van der Waals surface area contributed by atoms with Crippen LogP contribution in [0.3, 0.4) is 0 Å². The van der Waals surface area contributed by atoms with Crippen LogP contribution in [0, 0.1) is 0 Å². The molecule has 16 heavy (non-hydrogen) atoms. The molecule has 0 spiro atoms. The molecule has 0 aromatic heterocycles. The minimum atomic E-state index is -5.08. The third-order valence-electron chi connectivity index (χ3n) is 1.20. The molecule has 96 valence electrons. The highest BCUT2D eigenvalue weighted by atomic mass is 19.4. The number of carboxylic acids is 1. The molecule has 0 aliphatic heterocycles. The Morgan fingerprint density at radius 3 is 1.44 bits per heavy atom. The van der Waals surface area contributed by atoms with Gasteiger partial charge in [-0.05, 0) is 13.8 Å². The molecule has 0 aromatic rings. The molecule has 0 radical (unpaired) electrons. The van der Waals surface area contributed by atoms with Crippen molar-refractivity contribution in [1.29, 1.82) is 0 Å². The quantitative estimate of drug-likeness (QED) is 0.701. The maximum absolute atomic E-state index is 11.0. The summed E-state index contributed by atoms with van der Waals surface area (Å²) in [6, 6.07) is 0. The molecule has 0 heterocycles. The number of carboxylic acid groups (broad SMARTS) is 1. The van der Waals surface area contributed by atoms with Crippen LogP contribution < -0.4 is 5.73 Å². The summed E-state index contributed by atoms with van der Waals surface area (Å²) in [5.41, 5.74) is 4.76. The van der Waals surface area contributed by atoms with Gasteiger partial charge < -0.3 is 15.7 Å². The number of alkyl halides is 3. The van der Waals surface area contributed by atoms with E-state index in [0.29, 0.717) is 0 Å². The van der Waals surface area contributed by atoms with Gasteiger partial charge in [0.25, 0.3) is 0 Å². The molecular weight excluding hydrogens is 229 g/mol. The van der Waals surface area contributed by atoms with Crippen LogP contribution in [0.2, 0.25) is 0 Å². The number of halogens is 3. The normalized spacial score (nSPS) is 11.2. The first-order valence-corrected chi connectivity index (χ1v) is 4.11. The highest BCUT2D eigenvalue weighted by Gasteiger charge is 2.38. The molecule has 0 unspecified atom stereocenters. The van der Waals surface area contributed by atoms with Gasteiger partial charge in [-0.25, -0.2) is 4.79 Å². The van der Waals surface area contributed by atoms with Crippen LogP contribution in [0.25, 0.3) is 0 Å². The molecule has 0 fully saturated rings. The molecule has 0 rings (SSSR count). The third-order valence-corrected chi connectivity index (χ3v) is 1.20. The average molecular weight is 244 g/mol. The van der Waals surface area contributed by atoms with Gasteiger partial charge in [0, 0.05) is 14.1 Å². The molecule has 0 aliphatic rings. The largest absolute Gasteiger partial charge is 0.490 e. The van der Waals surface area contributed by atoms with Crippen LogP contribution in [-0.2, 0) is 9.59 Å². The van der Waals surface area contributed by atoms with Gasteiger partial charge in [0.2, 0.25) is 5.91 Å². The van der Waals surface area contributed by atoms with Gasteiger partial charge >= 0.3 is 12.1 Å². The van der Waals surface area contributed by atoms with Crippen LogP contribution in [0.1, 0.15) is 13.8 Å². The smallest absolute Gasteiger partial charge is 0.475 e. The van der Waals surface area contributed by atoms with Crippen molar-refractivity contribution in [3.05, 3.63) is 0 Å². The minimum absolute atomic E-state index is 0.0532. The fourth-order valence-corrected chi connectivity index (χ4v) is 0.576. The van der Waals surface area contributed by atoms with Crippen LogP contribution in [-0.4, -0.2) is 47.7 Å². The van der Waals surface area contributed by atoms with Gasteiger partial charge in [-0.15, -0.1) is 0 Å². The highest BCUT2D eigenvalue weighted by Crippen LogP contribution is 2.13. The van der Waals surface area contributed by atoms with E-state index in [2.05, 4.69) is 0 Å². The maximum atomic E-state index is 11.0. The molecule has 0 atom stereocenters. The van der Waals surface area contributed by atoms with Crippen LogP contribution in [0.4, 0.5) is 13.2 Å². The van der Waals surface area contributed by atoms with Crippen molar-refractivity contribution in [2.45, 2.75) is 25.6 Å². The molecule has 8 heteroatoms. The van der Waals surface area contributed by atoms with Gasteiger partial charge in [0.1, 0.15) is 0 Å². The Labute approximate surface area is 91.0 Å². The summed E-state index contributed by atoms with van der Waals surface area (Å²) in [7, 11) is 3.38. The SMILES string of the molecule is CN(C)C(=O)C(C)(C)N.O=C(O)C(F)(F)F. The molecule has 3 N–H and O–H groups in total. The van der Waals surface area contributed by atoms with Crippen molar-refractivity contribution in [3.8, 4) is 0 Å². The molecule has 1 amide bonds. The van der Waals surface area contributed by atoms with Gasteiger partial charge in [-0.3, -0.25) is 4.79 Å². The number of aliphatic carboxylic acids is 1. The van der Waals surface area contributed by atoms with E-state index < -0.39 is 17.7 Å². The van der Waals surface area contributed by atoms with E-state index in [4.69, 9.17) is 15.6 Å². The first-order chi connectivity index (χ1) is 6.80. The van der Waals surface area contributed by atoms with Crippen molar-refractivity contribution >= 4 is 11.9 Å². The number of amides is 1. The summed E-state index contributed by atoms with van der Waals surface area (Å²) in [5.74, 6) is -2.81. The van der Waals surface area contributed by atoms with Crippen molar-refractivity contribution in [2.24, 2.45) is 5.73 Å². The Kier molecular flexibility index (Phi) is 6.08. The first-order valence-electron chi connectivity index (χ1n) is 4.11. The highest BCUT2D eigenvalue weighted by molar-refractivity contribution is 5.84. The minimum Gasteiger partial charge on any atom is -0.475 e. The second-order valence-corrected chi connectivity index (χ2v) is 3.72. The summed E-state index contributed by atoms with van der Waals surface area (Å²) in [5, 5.41) is 7.12.